The van der Waals surface area contributed by atoms with Crippen LogP contribution in [0.25, 0.3) is 0 Å². The minimum absolute atomic E-state index is 1.05. The fourth-order valence-electron chi connectivity index (χ4n) is 1.93. The van der Waals surface area contributed by atoms with Gasteiger partial charge in [0.2, 0.25) is 0 Å². The predicted molar refractivity (Wildman–Crippen MR) is 29.7 cm³/mol. The molecule has 0 aliphatic heterocycles. The van der Waals surface area contributed by atoms with Crippen LogP contribution in [0.2, 0.25) is 0 Å². The fourth-order valence-corrected chi connectivity index (χ4v) is 1.93. The first-order valence-corrected chi connectivity index (χ1v) is 3.28. The zero-order valence-corrected chi connectivity index (χ0v) is 4.56. The van der Waals surface area contributed by atoms with Crippen LogP contribution < -0.4 is 0 Å². The summed E-state index contributed by atoms with van der Waals surface area (Å²) in [7, 11) is 0. The number of hydrogen-bond donors (Lipinski definition) is 0. The third-order valence-electron chi connectivity index (χ3n) is 2.38. The predicted octanol–water partition coefficient (Wildman–Crippen LogP) is 2.01. The second-order valence-corrected chi connectivity index (χ2v) is 2.91. The Balaban J connectivity index is 2.12. The van der Waals surface area contributed by atoms with Gasteiger partial charge in [-0.05, 0) is 37.5 Å². The van der Waals surface area contributed by atoms with E-state index in [0.29, 0.717) is 0 Å². The Kier molecular flexibility index (Phi) is 0.697. The lowest BCUT2D eigenvalue weighted by molar-refractivity contribution is 0.557. The van der Waals surface area contributed by atoms with Gasteiger partial charge >= 0.3 is 0 Å². The smallest absolute Gasteiger partial charge is 0.0352 e. The van der Waals surface area contributed by atoms with Crippen molar-refractivity contribution < 1.29 is 0 Å². The average molecular weight is 95.2 g/mol. The van der Waals surface area contributed by atoms with E-state index in [-0.39, 0.29) is 0 Å². The van der Waals surface area contributed by atoms with Crippen LogP contribution in [0.15, 0.2) is 0 Å². The van der Waals surface area contributed by atoms with E-state index in [1.54, 1.807) is 0 Å². The second-order valence-electron chi connectivity index (χ2n) is 2.91. The van der Waals surface area contributed by atoms with E-state index < -0.39 is 0 Å². The van der Waals surface area contributed by atoms with E-state index in [1.807, 2.05) is 0 Å². The van der Waals surface area contributed by atoms with Crippen LogP contribution in [-0.2, 0) is 0 Å². The van der Waals surface area contributed by atoms with E-state index in [1.165, 1.54) is 25.7 Å². The summed E-state index contributed by atoms with van der Waals surface area (Å²) in [5.74, 6) is 2.16. The van der Waals surface area contributed by atoms with Gasteiger partial charge in [0, 0.05) is 0 Å². The first-order valence-electron chi connectivity index (χ1n) is 3.28. The Labute approximate surface area is 44.9 Å². The summed E-state index contributed by atoms with van der Waals surface area (Å²) in [6, 6.07) is 0. The molecule has 0 heterocycles. The van der Waals surface area contributed by atoms with Crippen molar-refractivity contribution in [2.24, 2.45) is 11.8 Å². The average Bonchev–Trinajstić information content (AvgIpc) is 2.22. The van der Waals surface area contributed by atoms with Crippen LogP contribution in [0.5, 0.6) is 0 Å². The molecule has 2 saturated carbocycles. The van der Waals surface area contributed by atoms with Crippen LogP contribution >= 0.6 is 0 Å². The molecule has 2 bridgehead atoms. The molecule has 0 aromatic heterocycles. The van der Waals surface area contributed by atoms with Crippen molar-refractivity contribution in [3.05, 3.63) is 6.42 Å². The standard InChI is InChI=1S/C7H11/c1-2-7-4-3-6(1)5-7/h1,6-7H,2-5H2/t6-,7+/m1/s1. The fraction of sp³-hybridized carbons (Fsp3) is 0.857. The highest BCUT2D eigenvalue weighted by Crippen LogP contribution is 2.43. The van der Waals surface area contributed by atoms with Gasteiger partial charge in [0.1, 0.15) is 0 Å². The Morgan fingerprint density at radius 2 is 2.29 bits per heavy atom. The third kappa shape index (κ3) is 0.490. The summed E-state index contributed by atoms with van der Waals surface area (Å²) in [6.45, 7) is 0. The SMILES string of the molecule is [CH]1C[C@H]2CC[C@@H]1C2. The molecular weight excluding hydrogens is 84.1 g/mol. The van der Waals surface area contributed by atoms with Gasteiger partial charge in [0.05, 0.1) is 0 Å². The van der Waals surface area contributed by atoms with E-state index in [9.17, 15) is 0 Å². The minimum Gasteiger partial charge on any atom is -0.0502 e. The molecule has 1 radical (unpaired) electrons. The van der Waals surface area contributed by atoms with Crippen molar-refractivity contribution in [3.8, 4) is 0 Å². The van der Waals surface area contributed by atoms with Crippen molar-refractivity contribution in [1.29, 1.82) is 0 Å². The van der Waals surface area contributed by atoms with Crippen molar-refractivity contribution in [2.45, 2.75) is 25.7 Å². The quantitative estimate of drug-likeness (QED) is 0.431. The van der Waals surface area contributed by atoms with Crippen LogP contribution in [-0.4, -0.2) is 0 Å². The lowest BCUT2D eigenvalue weighted by atomic mass is 10.0. The third-order valence-corrected chi connectivity index (χ3v) is 2.38. The molecule has 0 heteroatoms. The highest BCUT2D eigenvalue weighted by Gasteiger charge is 2.30. The molecule has 0 spiro atoms. The van der Waals surface area contributed by atoms with Crippen molar-refractivity contribution >= 4 is 0 Å². The summed E-state index contributed by atoms with van der Waals surface area (Å²) in [6.07, 6.45) is 8.50. The highest BCUT2D eigenvalue weighted by atomic mass is 14.4. The molecule has 0 saturated heterocycles. The number of rotatable bonds is 0. The Bertz CT molecular complexity index is 58.1. The zero-order chi connectivity index (χ0) is 4.69. The van der Waals surface area contributed by atoms with Gasteiger partial charge < -0.3 is 0 Å². The molecule has 0 aromatic rings. The van der Waals surface area contributed by atoms with Gasteiger partial charge in [-0.25, -0.2) is 0 Å². The van der Waals surface area contributed by atoms with Crippen LogP contribution in [0.3, 0.4) is 0 Å². The Morgan fingerprint density at radius 1 is 1.29 bits per heavy atom. The summed E-state index contributed by atoms with van der Waals surface area (Å²) in [5, 5.41) is 0. The van der Waals surface area contributed by atoms with E-state index in [4.69, 9.17) is 0 Å². The van der Waals surface area contributed by atoms with Gasteiger partial charge in [0.15, 0.2) is 0 Å². The maximum atomic E-state index is 2.51. The van der Waals surface area contributed by atoms with E-state index >= 15 is 0 Å². The van der Waals surface area contributed by atoms with Gasteiger partial charge in [-0.1, -0.05) is 6.42 Å². The Morgan fingerprint density at radius 3 is 2.43 bits per heavy atom. The molecule has 2 aliphatic carbocycles. The lowest BCUT2D eigenvalue weighted by Crippen LogP contribution is -1.92. The summed E-state index contributed by atoms with van der Waals surface area (Å²) in [5.41, 5.74) is 0. The van der Waals surface area contributed by atoms with Gasteiger partial charge in [-0.3, -0.25) is 0 Å². The molecule has 39 valence electrons. The number of fused-ring (bicyclic) bond motifs is 2. The first-order chi connectivity index (χ1) is 3.45. The molecule has 7 heavy (non-hydrogen) atoms. The largest absolute Gasteiger partial charge is 0.0502 e. The molecule has 2 atom stereocenters. The highest BCUT2D eigenvalue weighted by molar-refractivity contribution is 4.94. The van der Waals surface area contributed by atoms with E-state index in [0.717, 1.165) is 11.8 Å². The van der Waals surface area contributed by atoms with Crippen LogP contribution in [0.1, 0.15) is 25.7 Å². The first kappa shape index (κ1) is 3.94. The molecule has 2 rings (SSSR count). The molecule has 0 N–H and O–H groups in total. The maximum Gasteiger partial charge on any atom is -0.0352 e. The molecule has 0 amide bonds. The number of hydrogen-bond acceptors (Lipinski definition) is 0. The minimum atomic E-state index is 1.05. The van der Waals surface area contributed by atoms with Gasteiger partial charge in [-0.15, -0.1) is 0 Å². The van der Waals surface area contributed by atoms with Gasteiger partial charge in [0.25, 0.3) is 0 Å². The lowest BCUT2D eigenvalue weighted by Gasteiger charge is -2.04. The maximum absolute atomic E-state index is 2.51. The van der Waals surface area contributed by atoms with Crippen LogP contribution in [0, 0.1) is 18.3 Å². The van der Waals surface area contributed by atoms with Crippen LogP contribution in [0.4, 0.5) is 0 Å². The molecule has 2 aliphatic rings. The molecule has 0 unspecified atom stereocenters. The van der Waals surface area contributed by atoms with Crippen molar-refractivity contribution in [3.63, 3.8) is 0 Å². The molecule has 0 aromatic carbocycles. The van der Waals surface area contributed by atoms with Gasteiger partial charge in [-0.2, -0.15) is 0 Å². The summed E-state index contributed by atoms with van der Waals surface area (Å²) < 4.78 is 0. The van der Waals surface area contributed by atoms with Crippen molar-refractivity contribution in [2.75, 3.05) is 0 Å². The summed E-state index contributed by atoms with van der Waals surface area (Å²) >= 11 is 0. The molecule has 0 nitrogen and oxygen atoms in total. The monoisotopic (exact) mass is 95.1 g/mol. The molecule has 2 fully saturated rings. The molecular formula is C7H11. The topological polar surface area (TPSA) is 0 Å². The second kappa shape index (κ2) is 1.24. The Hall–Kier alpha value is 0. The summed E-state index contributed by atoms with van der Waals surface area (Å²) in [4.78, 5) is 0. The van der Waals surface area contributed by atoms with Crippen molar-refractivity contribution in [1.82, 2.24) is 0 Å². The zero-order valence-electron chi connectivity index (χ0n) is 4.56. The normalized spacial score (nSPS) is 48.0. The van der Waals surface area contributed by atoms with E-state index in [2.05, 4.69) is 6.42 Å².